The number of H-pyrrole nitrogens is 6. The first-order chi connectivity index (χ1) is 63.3. The molecule has 0 saturated carbocycles. The molecule has 0 spiro atoms. The van der Waals surface area contributed by atoms with Crippen LogP contribution in [0.4, 0.5) is 0 Å². The Balaban J connectivity index is 0.775. The minimum atomic E-state index is -5.79. The van der Waals surface area contributed by atoms with Crippen molar-refractivity contribution in [3.05, 3.63) is 196 Å². The molecule has 0 aliphatic carbocycles. The molecule has 0 bridgehead atoms. The standard InChI is InChI=1S/C68H94N13O47P7/c1-33-21-76(63(88)70-57(33)82)51-15-39-46(118-51)28-112-132(100,101)125-41-17-53(78-23-35(3)59(84)72-65(78)90)120-48(41)30-114-134(104,105)127-43-19-55(80-25-37(5)61(86)74-67(80)92)122-50(43)32-116-135(106,107)128-44-20-56(81-26-38(6)62(87)75-68(81)93)121-49(44)31-115-133(102,103)126-42-18-54(79-24-36(4)60(85)73-66(79)91)119-47(42)29-113-131(98,99)124-40-16-52(77-22-34(2)58(83)71-64(77)89)117-45(40)27-111-129(94,95)109-13-10-8-7-9-12-108-69-11-14-110-130(96,97)123-39/h11,21-26,39-56H,7-10,12-20,27-32H2,1-6H3,(H,94,95)(H,96,97)(H,98,99)(H,100,101)(H,102,103)(H,104,105)(H,106,107)(H,70,82,88)(H,71,83,89)(H,72,84,90)(H,73,85,91)(H,74,86,92)(H,75,87,93)/b69-11+/t39-,40-,41-,42-,43-,44-,45+,46+,47+,48+,49+,50+,51+,52+,53+,54+,55+,56+/m0/s1. The van der Waals surface area contributed by atoms with Crippen molar-refractivity contribution in [1.29, 1.82) is 0 Å². The molecule has 0 radical (unpaired) electrons. The predicted octanol–water partition coefficient (Wildman–Crippen LogP) is -0.414. The van der Waals surface area contributed by atoms with Crippen molar-refractivity contribution in [2.75, 3.05) is 59.5 Å². The van der Waals surface area contributed by atoms with Crippen molar-refractivity contribution in [3.8, 4) is 0 Å². The van der Waals surface area contributed by atoms with Gasteiger partial charge in [-0.25, -0.2) is 60.7 Å². The maximum absolute atomic E-state index is 14.5. The zero-order valence-corrected chi connectivity index (χ0v) is 77.9. The highest BCUT2D eigenvalue weighted by Gasteiger charge is 2.53. The highest BCUT2D eigenvalue weighted by atomic mass is 31.2. The lowest BCUT2D eigenvalue weighted by atomic mass is 10.2. The van der Waals surface area contributed by atoms with Gasteiger partial charge in [0.25, 0.3) is 33.4 Å². The number of nitrogens with one attached hydrogen (secondary N) is 6. The summed E-state index contributed by atoms with van der Waals surface area (Å²) in [4.78, 5) is 252. The number of phosphoric acid groups is 7. The quantitative estimate of drug-likeness (QED) is 0.0943. The molecule has 6 saturated heterocycles. The molecule has 13 heterocycles. The third kappa shape index (κ3) is 27.2. The van der Waals surface area contributed by atoms with Crippen molar-refractivity contribution in [1.82, 2.24) is 57.3 Å². The Morgan fingerprint density at radius 3 is 0.674 bits per heavy atom. The number of hydrogen-bond donors (Lipinski definition) is 13. The van der Waals surface area contributed by atoms with E-state index in [0.29, 0.717) is 19.3 Å². The van der Waals surface area contributed by atoms with Gasteiger partial charge in [-0.3, -0.25) is 149 Å². The summed E-state index contributed by atoms with van der Waals surface area (Å²) in [6, 6.07) is 0. The van der Waals surface area contributed by atoms with Gasteiger partial charge < -0.3 is 67.5 Å². The zero-order valence-electron chi connectivity index (χ0n) is 71.6. The van der Waals surface area contributed by atoms with Gasteiger partial charge in [0.05, 0.1) is 59.1 Å². The molecule has 13 N–H and O–H groups in total. The monoisotopic (exact) mass is 2060 g/mol. The number of aromatic nitrogens is 12. The number of nitrogens with zero attached hydrogens (tertiary/aromatic N) is 7. The number of rotatable bonds is 6. The summed E-state index contributed by atoms with van der Waals surface area (Å²) in [7, 11) is -38.9. The van der Waals surface area contributed by atoms with E-state index in [1.165, 1.54) is 41.5 Å². The van der Waals surface area contributed by atoms with Crippen LogP contribution in [0.3, 0.4) is 0 Å². The molecule has 6 aromatic heterocycles. The molecule has 748 valence electrons. The average Bonchev–Trinajstić information content (AvgIpc) is 1.67. The van der Waals surface area contributed by atoms with Crippen LogP contribution >= 0.6 is 54.8 Å². The van der Waals surface area contributed by atoms with Gasteiger partial charge >= 0.3 is 88.9 Å². The van der Waals surface area contributed by atoms with Crippen LogP contribution in [0, 0.1) is 41.5 Å². The molecule has 25 atom stereocenters. The van der Waals surface area contributed by atoms with E-state index in [9.17, 15) is 124 Å². The summed E-state index contributed by atoms with van der Waals surface area (Å²) >= 11 is 0. The summed E-state index contributed by atoms with van der Waals surface area (Å²) in [5.41, 5.74) is -12.1. The Labute approximate surface area is 754 Å². The van der Waals surface area contributed by atoms with Gasteiger partial charge in [0, 0.05) is 109 Å². The molecule has 0 amide bonds. The number of ether oxygens (including phenoxy) is 6. The summed E-state index contributed by atoms with van der Waals surface area (Å²) in [6.45, 7) is -0.548. The smallest absolute Gasteiger partial charge is 0.396 e. The summed E-state index contributed by atoms with van der Waals surface area (Å²) in [5.74, 6) is 0. The number of phosphoric ester groups is 7. The van der Waals surface area contributed by atoms with Crippen LogP contribution < -0.4 is 67.5 Å². The Hall–Kier alpha value is -7.92. The Morgan fingerprint density at radius 1 is 0.267 bits per heavy atom. The van der Waals surface area contributed by atoms with Gasteiger partial charge in [-0.15, -0.1) is 0 Å². The van der Waals surface area contributed by atoms with Crippen LogP contribution in [-0.2, 0) is 129 Å². The van der Waals surface area contributed by atoms with Crippen LogP contribution in [0.25, 0.3) is 0 Å². The molecular weight excluding hydrogens is 1970 g/mol. The van der Waals surface area contributed by atoms with Crippen LogP contribution in [0.5, 0.6) is 0 Å². The van der Waals surface area contributed by atoms with E-state index < -0.39 is 324 Å². The van der Waals surface area contributed by atoms with Crippen molar-refractivity contribution in [3.63, 3.8) is 0 Å². The fraction of sp³-hybridized carbons (Fsp3) is 0.632. The van der Waals surface area contributed by atoms with Crippen molar-refractivity contribution in [2.45, 2.75) is 216 Å². The Bertz CT molecular complexity index is 6450. The first-order valence-electron chi connectivity index (χ1n) is 40.9. The van der Waals surface area contributed by atoms with Crippen molar-refractivity contribution >= 4 is 61.0 Å². The second-order valence-electron chi connectivity index (χ2n) is 31.6. The molecule has 6 aromatic rings. The van der Waals surface area contributed by atoms with Crippen LogP contribution in [0.15, 0.2) is 99.9 Å². The summed E-state index contributed by atoms with van der Waals surface area (Å²) in [6.07, 6.45) is -27.2. The number of aromatic amines is 6. The number of oxime groups is 1. The molecule has 6 fully saturated rings. The van der Waals surface area contributed by atoms with E-state index in [1.807, 2.05) is 19.9 Å². The lowest BCUT2D eigenvalue weighted by Gasteiger charge is -2.26. The molecule has 0 aromatic carbocycles. The van der Waals surface area contributed by atoms with E-state index in [0.717, 1.165) is 70.8 Å². The van der Waals surface area contributed by atoms with Gasteiger partial charge in [0.2, 0.25) is 0 Å². The van der Waals surface area contributed by atoms with Crippen LogP contribution in [-0.4, -0.2) is 230 Å². The maximum Gasteiger partial charge on any atom is 0.472 e. The predicted molar refractivity (Wildman–Crippen MR) is 446 cm³/mol. The summed E-state index contributed by atoms with van der Waals surface area (Å²) < 4.78 is 216. The van der Waals surface area contributed by atoms with Gasteiger partial charge in [0.15, 0.2) is 0 Å². The molecule has 60 nitrogen and oxygen atoms in total. The fourth-order valence-electron chi connectivity index (χ4n) is 14.9. The fourth-order valence-corrected chi connectivity index (χ4v) is 21.4. The largest absolute Gasteiger partial charge is 0.472 e. The number of aryl methyl sites for hydroxylation is 6. The highest BCUT2D eigenvalue weighted by molar-refractivity contribution is 7.49. The van der Waals surface area contributed by atoms with Crippen molar-refractivity contribution in [2.24, 2.45) is 5.16 Å². The van der Waals surface area contributed by atoms with E-state index in [1.54, 1.807) is 0 Å². The second kappa shape index (κ2) is 43.0. The number of fused-ring (bicyclic) bond motifs is 6. The van der Waals surface area contributed by atoms with Gasteiger partial charge in [-0.05, 0) is 60.8 Å². The SMILES string of the molecule is Cc1cn([C@H]2C[C@@H]3OP(=O)(O)OC[C@H]4O[C@@H](n5cc(C)c(=O)[nH]c5=O)C[C@@H]4OP(=O)(O)OC[C@H]4O[C@@H](n5cc(C)c(=O)[nH]c5=O)C[C@@H]4OP(=O)(O)OC[C@H]4O[C@@H](n5cc(C)c(=O)[nH]c5=O)C[C@@H]4OP(=O)(O)OC[C@H]4O[C@@H](n5cc(C)c(=O)[nH]c5=O)C[C@@H]4OP(=O)(O)OC[C@H]4O[C@@H](n5cc(C)c(=O)[nH]c5=O)C[C@@H]4OP(=O)(O)OC/C=N/OCCCCCCOP(=O)(O)OC[C@H]3O2)c(=O)[nH]c1=O. The molecular formula is C68H94N13O47P7. The topological polar surface area (TPSA) is 796 Å². The lowest BCUT2D eigenvalue weighted by Crippen LogP contribution is -2.33. The van der Waals surface area contributed by atoms with E-state index in [-0.39, 0.29) is 46.4 Å². The van der Waals surface area contributed by atoms with E-state index in [4.69, 9.17) is 96.6 Å². The maximum atomic E-state index is 14.5. The van der Waals surface area contributed by atoms with E-state index in [2.05, 4.69) is 15.1 Å². The van der Waals surface area contributed by atoms with E-state index >= 15 is 0 Å². The van der Waals surface area contributed by atoms with Crippen LogP contribution in [0.2, 0.25) is 0 Å². The minimum Gasteiger partial charge on any atom is -0.396 e. The highest BCUT2D eigenvalue weighted by Crippen LogP contribution is 2.58. The molecule has 7 aliphatic rings. The Kier molecular flexibility index (Phi) is 33.3. The average molecular weight is 2060 g/mol. The first kappa shape index (κ1) is 104. The lowest BCUT2D eigenvalue weighted by molar-refractivity contribution is -0.0657. The van der Waals surface area contributed by atoms with Crippen molar-refractivity contribution < 1.29 is 163 Å². The van der Waals surface area contributed by atoms with Crippen LogP contribution in [0.1, 0.15) is 135 Å². The number of hydrogen-bond acceptors (Lipinski definition) is 41. The third-order valence-corrected chi connectivity index (χ3v) is 28.7. The first-order valence-corrected chi connectivity index (χ1v) is 51.4. The van der Waals surface area contributed by atoms with Gasteiger partial charge in [0.1, 0.15) is 117 Å². The van der Waals surface area contributed by atoms with Gasteiger partial charge in [-0.1, -0.05) is 11.6 Å². The Morgan fingerprint density at radius 2 is 0.459 bits per heavy atom. The molecule has 13 rings (SSSR count). The zero-order chi connectivity index (χ0) is 97.9. The summed E-state index contributed by atoms with van der Waals surface area (Å²) in [5, 5.41) is 3.67. The normalized spacial score (nSPS) is 36.4. The minimum absolute atomic E-state index is 0.0220. The molecule has 7 aliphatic heterocycles. The molecule has 67 heteroatoms. The molecule has 7 unspecified atom stereocenters. The third-order valence-electron chi connectivity index (χ3n) is 21.7. The second-order valence-corrected chi connectivity index (χ2v) is 41.5. The molecule has 135 heavy (non-hydrogen) atoms. The van der Waals surface area contributed by atoms with Gasteiger partial charge in [-0.2, -0.15) is 0 Å².